The Morgan fingerprint density at radius 3 is 2.48 bits per heavy atom. The molecule has 0 bridgehead atoms. The number of hydrogen-bond donors (Lipinski definition) is 2. The van der Waals surface area contributed by atoms with Crippen LogP contribution in [0.5, 0.6) is 0 Å². The standard InChI is InChI=1S/C19H16F6N4O2/c1-9-17(30)26-6-7-29(9)18(31)28-15(10-2-3-11(20)13(22)8-10)14-5-4-12(21)16(27-14)19(23,24)25/h2-5,8-9,15H,6-7H2,1H3,(H,26,30)(H,28,31)/t9-,15?/m1/s1. The molecule has 0 saturated carbocycles. The number of urea groups is 1. The molecule has 3 rings (SSSR count). The summed E-state index contributed by atoms with van der Waals surface area (Å²) in [5.41, 5.74) is -2.41. The van der Waals surface area contributed by atoms with Crippen LogP contribution in [-0.2, 0) is 11.0 Å². The van der Waals surface area contributed by atoms with Gasteiger partial charge in [0.1, 0.15) is 6.04 Å². The smallest absolute Gasteiger partial charge is 0.353 e. The molecule has 1 unspecified atom stereocenters. The topological polar surface area (TPSA) is 74.3 Å². The quantitative estimate of drug-likeness (QED) is 0.712. The van der Waals surface area contributed by atoms with Gasteiger partial charge in [0.05, 0.1) is 11.7 Å². The summed E-state index contributed by atoms with van der Waals surface area (Å²) in [6.07, 6.45) is -5.12. The van der Waals surface area contributed by atoms with Crippen molar-refractivity contribution in [1.82, 2.24) is 20.5 Å². The lowest BCUT2D eigenvalue weighted by Gasteiger charge is -2.34. The third-order valence-corrected chi connectivity index (χ3v) is 4.74. The summed E-state index contributed by atoms with van der Waals surface area (Å²) in [4.78, 5) is 29.0. The molecule has 1 aromatic heterocycles. The highest BCUT2D eigenvalue weighted by molar-refractivity contribution is 5.88. The van der Waals surface area contributed by atoms with Gasteiger partial charge in [-0.2, -0.15) is 13.2 Å². The highest BCUT2D eigenvalue weighted by atomic mass is 19.4. The number of nitrogens with one attached hydrogen (secondary N) is 2. The number of hydrogen-bond acceptors (Lipinski definition) is 3. The Kier molecular flexibility index (Phi) is 6.09. The van der Waals surface area contributed by atoms with Crippen molar-refractivity contribution < 1.29 is 35.9 Å². The molecule has 2 aromatic rings. The van der Waals surface area contributed by atoms with E-state index in [-0.39, 0.29) is 18.7 Å². The minimum absolute atomic E-state index is 0.105. The summed E-state index contributed by atoms with van der Waals surface area (Å²) in [6.45, 7) is 1.70. The second-order valence-electron chi connectivity index (χ2n) is 6.78. The third kappa shape index (κ3) is 4.72. The van der Waals surface area contributed by atoms with Crippen LogP contribution in [-0.4, -0.2) is 41.0 Å². The predicted molar refractivity (Wildman–Crippen MR) is 95.1 cm³/mol. The van der Waals surface area contributed by atoms with Crippen LogP contribution < -0.4 is 10.6 Å². The van der Waals surface area contributed by atoms with Crippen molar-refractivity contribution in [2.24, 2.45) is 0 Å². The SMILES string of the molecule is C[C@@H]1C(=O)NCCN1C(=O)NC(c1ccc(F)c(F)c1)c1ccc(F)c(C(F)(F)F)n1. The molecule has 31 heavy (non-hydrogen) atoms. The Bertz CT molecular complexity index is 1010. The van der Waals surface area contributed by atoms with Gasteiger partial charge in [0.25, 0.3) is 0 Å². The van der Waals surface area contributed by atoms with E-state index in [9.17, 15) is 35.9 Å². The first kappa shape index (κ1) is 22.4. The normalized spacial score (nSPS) is 17.8. The number of alkyl halides is 3. The van der Waals surface area contributed by atoms with Gasteiger partial charge in [-0.05, 0) is 36.8 Å². The van der Waals surface area contributed by atoms with Gasteiger partial charge in [-0.1, -0.05) is 6.07 Å². The molecule has 2 N–H and O–H groups in total. The van der Waals surface area contributed by atoms with E-state index >= 15 is 0 Å². The van der Waals surface area contributed by atoms with Gasteiger partial charge >= 0.3 is 12.2 Å². The largest absolute Gasteiger partial charge is 0.436 e. The summed E-state index contributed by atoms with van der Waals surface area (Å²) in [6, 6.07) is 0.655. The zero-order chi connectivity index (χ0) is 22.9. The molecule has 1 fully saturated rings. The zero-order valence-electron chi connectivity index (χ0n) is 15.9. The Labute approximate surface area is 172 Å². The van der Waals surface area contributed by atoms with Crippen LogP contribution in [0.15, 0.2) is 30.3 Å². The molecule has 0 spiro atoms. The van der Waals surface area contributed by atoms with Gasteiger partial charge in [0.15, 0.2) is 23.1 Å². The van der Waals surface area contributed by atoms with Crippen molar-refractivity contribution in [3.05, 3.63) is 64.7 Å². The molecule has 2 heterocycles. The van der Waals surface area contributed by atoms with Crippen LogP contribution >= 0.6 is 0 Å². The second kappa shape index (κ2) is 8.44. The molecule has 2 atom stereocenters. The molecule has 166 valence electrons. The lowest BCUT2D eigenvalue weighted by Crippen LogP contribution is -2.58. The maximum atomic E-state index is 13.8. The van der Waals surface area contributed by atoms with Gasteiger partial charge in [0.2, 0.25) is 5.91 Å². The molecular weight excluding hydrogens is 430 g/mol. The van der Waals surface area contributed by atoms with Crippen LogP contribution in [0.3, 0.4) is 0 Å². The van der Waals surface area contributed by atoms with Crippen molar-refractivity contribution in [3.63, 3.8) is 0 Å². The number of carbonyl (C=O) groups is 2. The lowest BCUT2D eigenvalue weighted by atomic mass is 10.0. The second-order valence-corrected chi connectivity index (χ2v) is 6.78. The minimum atomic E-state index is -5.12. The average Bonchev–Trinajstić information content (AvgIpc) is 2.70. The molecule has 1 aromatic carbocycles. The summed E-state index contributed by atoms with van der Waals surface area (Å²) in [5, 5.41) is 4.93. The molecular formula is C19H16F6N4O2. The summed E-state index contributed by atoms with van der Waals surface area (Å²) in [5.74, 6) is -4.59. The van der Waals surface area contributed by atoms with Gasteiger partial charge in [0, 0.05) is 13.1 Å². The van der Waals surface area contributed by atoms with E-state index in [1.807, 2.05) is 0 Å². The van der Waals surface area contributed by atoms with Crippen LogP contribution in [0.1, 0.15) is 29.9 Å². The van der Waals surface area contributed by atoms with Crippen molar-refractivity contribution in [2.75, 3.05) is 13.1 Å². The Morgan fingerprint density at radius 1 is 1.16 bits per heavy atom. The van der Waals surface area contributed by atoms with Gasteiger partial charge in [-0.3, -0.25) is 4.79 Å². The molecule has 0 radical (unpaired) electrons. The Hall–Kier alpha value is -3.31. The number of aromatic nitrogens is 1. The van der Waals surface area contributed by atoms with Crippen LogP contribution in [0, 0.1) is 17.5 Å². The van der Waals surface area contributed by atoms with Gasteiger partial charge in [-0.25, -0.2) is 22.9 Å². The summed E-state index contributed by atoms with van der Waals surface area (Å²) >= 11 is 0. The molecule has 1 aliphatic heterocycles. The first-order valence-electron chi connectivity index (χ1n) is 9.02. The summed E-state index contributed by atoms with van der Waals surface area (Å²) in [7, 11) is 0. The highest BCUT2D eigenvalue weighted by Gasteiger charge is 2.38. The fraction of sp³-hybridized carbons (Fsp3) is 0.316. The fourth-order valence-electron chi connectivity index (χ4n) is 3.10. The molecule has 1 aliphatic rings. The van der Waals surface area contributed by atoms with Crippen molar-refractivity contribution >= 4 is 11.9 Å². The van der Waals surface area contributed by atoms with Gasteiger partial charge in [-0.15, -0.1) is 0 Å². The number of piperazine rings is 1. The fourth-order valence-corrected chi connectivity index (χ4v) is 3.10. The maximum absolute atomic E-state index is 13.8. The van der Waals surface area contributed by atoms with E-state index in [1.54, 1.807) is 0 Å². The van der Waals surface area contributed by atoms with Crippen molar-refractivity contribution in [1.29, 1.82) is 0 Å². The highest BCUT2D eigenvalue weighted by Crippen LogP contribution is 2.32. The molecule has 3 amide bonds. The molecule has 0 aliphatic carbocycles. The number of halogens is 6. The summed E-state index contributed by atoms with van der Waals surface area (Å²) < 4.78 is 80.1. The van der Waals surface area contributed by atoms with E-state index < -0.39 is 59.0 Å². The van der Waals surface area contributed by atoms with Crippen LogP contribution in [0.4, 0.5) is 31.1 Å². The molecule has 12 heteroatoms. The minimum Gasteiger partial charge on any atom is -0.353 e. The Morgan fingerprint density at radius 2 is 1.84 bits per heavy atom. The maximum Gasteiger partial charge on any atom is 0.436 e. The third-order valence-electron chi connectivity index (χ3n) is 4.74. The number of rotatable bonds is 3. The first-order valence-corrected chi connectivity index (χ1v) is 9.02. The number of amides is 3. The van der Waals surface area contributed by atoms with Crippen molar-refractivity contribution in [3.8, 4) is 0 Å². The number of nitrogens with zero attached hydrogens (tertiary/aromatic N) is 2. The number of pyridine rings is 1. The predicted octanol–water partition coefficient (Wildman–Crippen LogP) is 3.14. The van der Waals surface area contributed by atoms with E-state index in [4.69, 9.17) is 0 Å². The van der Waals surface area contributed by atoms with Crippen LogP contribution in [0.25, 0.3) is 0 Å². The van der Waals surface area contributed by atoms with Gasteiger partial charge < -0.3 is 15.5 Å². The first-order chi connectivity index (χ1) is 14.5. The number of carbonyl (C=O) groups excluding carboxylic acids is 2. The average molecular weight is 446 g/mol. The van der Waals surface area contributed by atoms with E-state index in [1.165, 1.54) is 6.92 Å². The van der Waals surface area contributed by atoms with E-state index in [0.717, 1.165) is 23.1 Å². The zero-order valence-corrected chi connectivity index (χ0v) is 15.9. The Balaban J connectivity index is 2.03. The van der Waals surface area contributed by atoms with E-state index in [0.29, 0.717) is 12.1 Å². The van der Waals surface area contributed by atoms with E-state index in [2.05, 4.69) is 15.6 Å². The monoisotopic (exact) mass is 446 g/mol. The molecule has 6 nitrogen and oxygen atoms in total. The van der Waals surface area contributed by atoms with Crippen LogP contribution in [0.2, 0.25) is 0 Å². The van der Waals surface area contributed by atoms with Crippen molar-refractivity contribution in [2.45, 2.75) is 25.2 Å². The molecule has 1 saturated heterocycles. The lowest BCUT2D eigenvalue weighted by molar-refractivity contribution is -0.143. The number of benzene rings is 1.